The molecule has 0 bridgehead atoms. The molecule has 0 radical (unpaired) electrons. The summed E-state index contributed by atoms with van der Waals surface area (Å²) in [6.07, 6.45) is 7.01. The second kappa shape index (κ2) is 8.37. The van der Waals surface area contributed by atoms with Crippen molar-refractivity contribution in [3.05, 3.63) is 33.9 Å². The van der Waals surface area contributed by atoms with Crippen LogP contribution < -0.4 is 5.32 Å². The molecule has 1 aromatic carbocycles. The monoisotopic (exact) mass is 422 g/mol. The third kappa shape index (κ3) is 4.03. The van der Waals surface area contributed by atoms with Gasteiger partial charge in [-0.3, -0.25) is 9.59 Å². The van der Waals surface area contributed by atoms with Crippen molar-refractivity contribution in [2.75, 3.05) is 13.1 Å². The van der Waals surface area contributed by atoms with Gasteiger partial charge in [0.2, 0.25) is 5.91 Å². The standard InChI is InChI=1S/C21H24ClFN2O2S/c22-18-16-7-6-14(23)12-17(16)28-19(18)21(27)25-10-8-15(9-11-25)24-20(26)13-4-2-1-3-5-13/h6-7,12-13,15H,1-5,8-11H2,(H,24,26). The van der Waals surface area contributed by atoms with Crippen molar-refractivity contribution in [1.29, 1.82) is 0 Å². The number of carbonyl (C=O) groups is 2. The van der Waals surface area contributed by atoms with E-state index in [1.807, 2.05) is 0 Å². The van der Waals surface area contributed by atoms with E-state index in [1.54, 1.807) is 11.0 Å². The Kier molecular flexibility index (Phi) is 5.88. The van der Waals surface area contributed by atoms with Crippen LogP contribution in [0.1, 0.15) is 54.6 Å². The molecule has 1 aliphatic carbocycles. The zero-order chi connectivity index (χ0) is 19.7. The first-order chi connectivity index (χ1) is 13.5. The van der Waals surface area contributed by atoms with Crippen molar-refractivity contribution in [1.82, 2.24) is 10.2 Å². The molecule has 0 atom stereocenters. The third-order valence-corrected chi connectivity index (χ3v) is 7.54. The molecule has 0 spiro atoms. The number of benzene rings is 1. The Morgan fingerprint density at radius 3 is 2.54 bits per heavy atom. The maximum Gasteiger partial charge on any atom is 0.265 e. The number of amides is 2. The van der Waals surface area contributed by atoms with Gasteiger partial charge in [0.25, 0.3) is 5.91 Å². The number of hydrogen-bond donors (Lipinski definition) is 1. The fourth-order valence-electron chi connectivity index (χ4n) is 4.23. The first kappa shape index (κ1) is 19.6. The van der Waals surface area contributed by atoms with Crippen LogP contribution >= 0.6 is 22.9 Å². The molecule has 2 fully saturated rings. The molecular weight excluding hydrogens is 399 g/mol. The summed E-state index contributed by atoms with van der Waals surface area (Å²) in [6, 6.07) is 4.52. The second-order valence-electron chi connectivity index (χ2n) is 7.80. The van der Waals surface area contributed by atoms with Crippen molar-refractivity contribution < 1.29 is 14.0 Å². The fourth-order valence-corrected chi connectivity index (χ4v) is 5.74. The van der Waals surface area contributed by atoms with Gasteiger partial charge >= 0.3 is 0 Å². The van der Waals surface area contributed by atoms with Gasteiger partial charge in [0.1, 0.15) is 10.7 Å². The van der Waals surface area contributed by atoms with Gasteiger partial charge < -0.3 is 10.2 Å². The largest absolute Gasteiger partial charge is 0.353 e. The molecule has 1 saturated carbocycles. The molecule has 1 saturated heterocycles. The highest BCUT2D eigenvalue weighted by molar-refractivity contribution is 7.21. The van der Waals surface area contributed by atoms with E-state index in [2.05, 4.69) is 5.32 Å². The number of fused-ring (bicyclic) bond motifs is 1. The summed E-state index contributed by atoms with van der Waals surface area (Å²) >= 11 is 7.63. The van der Waals surface area contributed by atoms with Gasteiger partial charge in [-0.25, -0.2) is 4.39 Å². The Labute approximate surface area is 173 Å². The minimum absolute atomic E-state index is 0.108. The van der Waals surface area contributed by atoms with Crippen molar-refractivity contribution in [3.8, 4) is 0 Å². The number of likely N-dealkylation sites (tertiary alicyclic amines) is 1. The quantitative estimate of drug-likeness (QED) is 0.757. The molecule has 7 heteroatoms. The van der Waals surface area contributed by atoms with Gasteiger partial charge in [-0.1, -0.05) is 30.9 Å². The number of piperidine rings is 1. The van der Waals surface area contributed by atoms with Crippen LogP contribution in [0.25, 0.3) is 10.1 Å². The summed E-state index contributed by atoms with van der Waals surface area (Å²) in [5, 5.41) is 4.30. The Morgan fingerprint density at radius 1 is 1.11 bits per heavy atom. The van der Waals surface area contributed by atoms with Crippen molar-refractivity contribution in [2.45, 2.75) is 51.0 Å². The highest BCUT2D eigenvalue weighted by atomic mass is 35.5. The molecule has 2 aliphatic rings. The lowest BCUT2D eigenvalue weighted by Crippen LogP contribution is -2.48. The van der Waals surface area contributed by atoms with Crippen LogP contribution in [-0.2, 0) is 4.79 Å². The predicted octanol–water partition coefficient (Wildman–Crippen LogP) is 4.99. The van der Waals surface area contributed by atoms with Gasteiger partial charge in [0.05, 0.1) is 5.02 Å². The molecule has 1 N–H and O–H groups in total. The third-order valence-electron chi connectivity index (χ3n) is 5.89. The maximum atomic E-state index is 13.4. The molecule has 0 unspecified atom stereocenters. The summed E-state index contributed by atoms with van der Waals surface area (Å²) in [7, 11) is 0. The Balaban J connectivity index is 1.36. The molecule has 4 nitrogen and oxygen atoms in total. The molecule has 2 amide bonds. The Hall–Kier alpha value is -1.66. The average molecular weight is 423 g/mol. The SMILES string of the molecule is O=C(NC1CCN(C(=O)c2sc3cc(F)ccc3c2Cl)CC1)C1CCCCC1. The van der Waals surface area contributed by atoms with Crippen molar-refractivity contribution in [2.24, 2.45) is 5.92 Å². The van der Waals surface area contributed by atoms with Gasteiger partial charge in [0, 0.05) is 35.1 Å². The number of nitrogens with zero attached hydrogens (tertiary/aromatic N) is 1. The summed E-state index contributed by atoms with van der Waals surface area (Å²) in [5.41, 5.74) is 0. The minimum Gasteiger partial charge on any atom is -0.353 e. The molecule has 28 heavy (non-hydrogen) atoms. The van der Waals surface area contributed by atoms with E-state index in [4.69, 9.17) is 11.6 Å². The first-order valence-corrected chi connectivity index (χ1v) is 11.2. The van der Waals surface area contributed by atoms with E-state index < -0.39 is 0 Å². The number of halogens is 2. The van der Waals surface area contributed by atoms with Gasteiger partial charge in [0.15, 0.2) is 0 Å². The summed E-state index contributed by atoms with van der Waals surface area (Å²) < 4.78 is 14.1. The van der Waals surface area contributed by atoms with Crippen LogP contribution in [0.2, 0.25) is 5.02 Å². The molecule has 1 aromatic heterocycles. The van der Waals surface area contributed by atoms with Crippen molar-refractivity contribution in [3.63, 3.8) is 0 Å². The lowest BCUT2D eigenvalue weighted by atomic mass is 9.88. The number of rotatable bonds is 3. The zero-order valence-corrected chi connectivity index (χ0v) is 17.3. The lowest BCUT2D eigenvalue weighted by molar-refractivity contribution is -0.126. The number of thiophene rings is 1. The van der Waals surface area contributed by atoms with E-state index in [-0.39, 0.29) is 29.6 Å². The summed E-state index contributed by atoms with van der Waals surface area (Å²) in [5.74, 6) is -0.104. The van der Waals surface area contributed by atoms with Crippen LogP contribution in [0.4, 0.5) is 4.39 Å². The van der Waals surface area contributed by atoms with Crippen LogP contribution in [0.5, 0.6) is 0 Å². The van der Waals surface area contributed by atoms with Gasteiger partial charge in [-0.05, 0) is 43.9 Å². The van der Waals surface area contributed by atoms with Gasteiger partial charge in [-0.2, -0.15) is 0 Å². The van der Waals surface area contributed by atoms with E-state index in [0.29, 0.717) is 33.1 Å². The summed E-state index contributed by atoms with van der Waals surface area (Å²) in [6.45, 7) is 1.18. The molecule has 1 aliphatic heterocycles. The Bertz CT molecular complexity index is 886. The van der Waals surface area contributed by atoms with E-state index >= 15 is 0 Å². The highest BCUT2D eigenvalue weighted by Crippen LogP contribution is 2.36. The predicted molar refractivity (Wildman–Crippen MR) is 110 cm³/mol. The molecular formula is C21H24ClFN2O2S. The van der Waals surface area contributed by atoms with E-state index in [9.17, 15) is 14.0 Å². The lowest BCUT2D eigenvalue weighted by Gasteiger charge is -2.33. The zero-order valence-electron chi connectivity index (χ0n) is 15.7. The minimum atomic E-state index is -0.334. The van der Waals surface area contributed by atoms with Crippen LogP contribution in [0, 0.1) is 11.7 Å². The molecule has 4 rings (SSSR count). The average Bonchev–Trinajstić information content (AvgIpc) is 3.04. The number of hydrogen-bond acceptors (Lipinski definition) is 3. The van der Waals surface area contributed by atoms with Crippen LogP contribution in [0.15, 0.2) is 18.2 Å². The summed E-state index contributed by atoms with van der Waals surface area (Å²) in [4.78, 5) is 27.6. The molecule has 2 aromatic rings. The Morgan fingerprint density at radius 2 is 1.82 bits per heavy atom. The normalized spacial score (nSPS) is 19.1. The van der Waals surface area contributed by atoms with Gasteiger partial charge in [-0.15, -0.1) is 11.3 Å². The molecule has 2 heterocycles. The smallest absolute Gasteiger partial charge is 0.265 e. The van der Waals surface area contributed by atoms with Crippen molar-refractivity contribution >= 4 is 44.8 Å². The van der Waals surface area contributed by atoms with Crippen LogP contribution in [0.3, 0.4) is 0 Å². The van der Waals surface area contributed by atoms with E-state index in [0.717, 1.165) is 38.5 Å². The number of carbonyl (C=O) groups excluding carboxylic acids is 2. The first-order valence-electron chi connectivity index (χ1n) is 10.00. The maximum absolute atomic E-state index is 13.4. The highest BCUT2D eigenvalue weighted by Gasteiger charge is 2.29. The van der Waals surface area contributed by atoms with Crippen LogP contribution in [-0.4, -0.2) is 35.8 Å². The second-order valence-corrected chi connectivity index (χ2v) is 9.23. The number of nitrogens with one attached hydrogen (secondary N) is 1. The fraction of sp³-hybridized carbons (Fsp3) is 0.524. The molecule has 150 valence electrons. The van der Waals surface area contributed by atoms with E-state index in [1.165, 1.54) is 29.9 Å². The topological polar surface area (TPSA) is 49.4 Å².